The van der Waals surface area contributed by atoms with Gasteiger partial charge in [0.25, 0.3) is 5.91 Å². The summed E-state index contributed by atoms with van der Waals surface area (Å²) in [7, 11) is 1.41. The lowest BCUT2D eigenvalue weighted by atomic mass is 9.88. The Kier molecular flexibility index (Phi) is 5.79. The minimum atomic E-state index is -0.332. The zero-order valence-corrected chi connectivity index (χ0v) is 16.3. The number of carbonyl (C=O) groups is 2. The number of hydrogen-bond acceptors (Lipinski definition) is 4. The number of nitrogens with one attached hydrogen (secondary N) is 2. The van der Waals surface area contributed by atoms with Crippen LogP contribution in [0, 0.1) is 11.8 Å². The van der Waals surface area contributed by atoms with Crippen molar-refractivity contribution < 1.29 is 19.2 Å². The van der Waals surface area contributed by atoms with Gasteiger partial charge in [-0.05, 0) is 49.5 Å². The van der Waals surface area contributed by atoms with Crippen LogP contribution < -0.4 is 10.2 Å². The molecular weight excluding hydrogens is 336 g/mol. The van der Waals surface area contributed by atoms with E-state index >= 15 is 0 Å². The highest BCUT2D eigenvalue weighted by Crippen LogP contribution is 2.39. The summed E-state index contributed by atoms with van der Waals surface area (Å²) in [6.45, 7) is 7.09. The fourth-order valence-electron chi connectivity index (χ4n) is 3.90. The van der Waals surface area contributed by atoms with Gasteiger partial charge in [0.1, 0.15) is 5.00 Å². The lowest BCUT2D eigenvalue weighted by Crippen LogP contribution is -3.14. The third kappa shape index (κ3) is 4.23. The Balaban J connectivity index is 1.73. The molecule has 3 rings (SSSR count). The van der Waals surface area contributed by atoms with E-state index < -0.39 is 0 Å². The average molecular weight is 366 g/mol. The molecule has 5 nitrogen and oxygen atoms in total. The predicted molar refractivity (Wildman–Crippen MR) is 99.4 cm³/mol. The van der Waals surface area contributed by atoms with Gasteiger partial charge in [-0.15, -0.1) is 11.3 Å². The van der Waals surface area contributed by atoms with Gasteiger partial charge in [-0.2, -0.15) is 0 Å². The zero-order valence-electron chi connectivity index (χ0n) is 15.4. The SMILES string of the molecule is COC(=O)c1c(NC(=O)C[NH+]2CCC(C)CC2)sc2c1CC[C@@H](C)C2. The second-order valence-electron chi connectivity index (χ2n) is 7.70. The van der Waals surface area contributed by atoms with Gasteiger partial charge >= 0.3 is 5.97 Å². The van der Waals surface area contributed by atoms with E-state index in [4.69, 9.17) is 4.74 Å². The molecule has 0 spiro atoms. The lowest BCUT2D eigenvalue weighted by molar-refractivity contribution is -0.897. The second kappa shape index (κ2) is 7.87. The van der Waals surface area contributed by atoms with E-state index in [1.807, 2.05) is 0 Å². The molecule has 1 aromatic rings. The van der Waals surface area contributed by atoms with Gasteiger partial charge < -0.3 is 15.0 Å². The summed E-state index contributed by atoms with van der Waals surface area (Å²) in [5, 5.41) is 3.70. The van der Waals surface area contributed by atoms with Gasteiger partial charge in [0.2, 0.25) is 0 Å². The van der Waals surface area contributed by atoms with E-state index in [0.717, 1.165) is 43.8 Å². The maximum atomic E-state index is 12.5. The molecule has 2 N–H and O–H groups in total. The van der Waals surface area contributed by atoms with Crippen LogP contribution in [0.2, 0.25) is 0 Å². The third-order valence-corrected chi connectivity index (χ3v) is 6.72. The normalized spacial score (nSPS) is 26.0. The quantitative estimate of drug-likeness (QED) is 0.802. The van der Waals surface area contributed by atoms with Gasteiger partial charge in [0.15, 0.2) is 6.54 Å². The number of hydrogen-bond donors (Lipinski definition) is 2. The zero-order chi connectivity index (χ0) is 18.0. The molecule has 1 fully saturated rings. The van der Waals surface area contributed by atoms with Crippen molar-refractivity contribution >= 4 is 28.2 Å². The molecule has 0 saturated carbocycles. The molecular formula is C19H29N2O3S+. The Labute approximate surface area is 153 Å². The fraction of sp³-hybridized carbons (Fsp3) is 0.684. The molecule has 1 aliphatic heterocycles. The Morgan fingerprint density at radius 1 is 1.20 bits per heavy atom. The predicted octanol–water partition coefficient (Wildman–Crippen LogP) is 1.91. The average Bonchev–Trinajstić information content (AvgIpc) is 2.92. The number of fused-ring (bicyclic) bond motifs is 1. The summed E-state index contributed by atoms with van der Waals surface area (Å²) in [6, 6.07) is 0. The molecule has 0 aromatic carbocycles. The molecule has 2 aliphatic rings. The van der Waals surface area contributed by atoms with Crippen LogP contribution in [0.25, 0.3) is 0 Å². The van der Waals surface area contributed by atoms with Crippen LogP contribution in [0.5, 0.6) is 0 Å². The van der Waals surface area contributed by atoms with Crippen LogP contribution in [0.3, 0.4) is 0 Å². The number of ether oxygens (including phenoxy) is 1. The number of quaternary nitrogens is 1. The number of methoxy groups -OCH3 is 1. The number of thiophene rings is 1. The van der Waals surface area contributed by atoms with E-state index in [1.54, 1.807) is 11.3 Å². The molecule has 2 heterocycles. The summed E-state index contributed by atoms with van der Waals surface area (Å²) in [5.41, 5.74) is 1.68. The summed E-state index contributed by atoms with van der Waals surface area (Å²) in [4.78, 5) is 27.4. The van der Waals surface area contributed by atoms with Crippen molar-refractivity contribution in [2.24, 2.45) is 11.8 Å². The minimum absolute atomic E-state index is 0.00125. The first kappa shape index (κ1) is 18.4. The van der Waals surface area contributed by atoms with E-state index in [2.05, 4.69) is 19.2 Å². The topological polar surface area (TPSA) is 59.8 Å². The number of piperidine rings is 1. The Morgan fingerprint density at radius 2 is 1.92 bits per heavy atom. The molecule has 1 atom stereocenters. The van der Waals surface area contributed by atoms with E-state index in [0.29, 0.717) is 23.0 Å². The fourth-order valence-corrected chi connectivity index (χ4v) is 5.32. The lowest BCUT2D eigenvalue weighted by Gasteiger charge is -2.26. The Morgan fingerprint density at radius 3 is 2.60 bits per heavy atom. The van der Waals surface area contributed by atoms with Gasteiger partial charge in [0.05, 0.1) is 25.8 Å². The molecule has 1 amide bonds. The van der Waals surface area contributed by atoms with Crippen molar-refractivity contribution in [3.05, 3.63) is 16.0 Å². The van der Waals surface area contributed by atoms with Crippen molar-refractivity contribution in [3.63, 3.8) is 0 Å². The Hall–Kier alpha value is -1.40. The van der Waals surface area contributed by atoms with Gasteiger partial charge in [-0.1, -0.05) is 13.8 Å². The van der Waals surface area contributed by atoms with E-state index in [9.17, 15) is 9.59 Å². The Bertz CT molecular complexity index is 647. The number of esters is 1. The summed E-state index contributed by atoms with van der Waals surface area (Å²) in [5.74, 6) is 1.06. The van der Waals surface area contributed by atoms with Crippen molar-refractivity contribution in [2.45, 2.75) is 46.0 Å². The molecule has 1 aliphatic carbocycles. The molecule has 1 aromatic heterocycles. The minimum Gasteiger partial charge on any atom is -0.465 e. The molecule has 0 radical (unpaired) electrons. The molecule has 1 saturated heterocycles. The highest BCUT2D eigenvalue weighted by atomic mass is 32.1. The second-order valence-corrected chi connectivity index (χ2v) is 8.81. The van der Waals surface area contributed by atoms with Gasteiger partial charge in [-0.3, -0.25) is 4.79 Å². The maximum absolute atomic E-state index is 12.5. The first-order valence-corrected chi connectivity index (χ1v) is 10.2. The largest absolute Gasteiger partial charge is 0.465 e. The number of anilines is 1. The number of amides is 1. The van der Waals surface area contributed by atoms with Gasteiger partial charge in [0, 0.05) is 4.88 Å². The van der Waals surface area contributed by atoms with Crippen LogP contribution in [-0.4, -0.2) is 38.6 Å². The monoisotopic (exact) mass is 365 g/mol. The summed E-state index contributed by atoms with van der Waals surface area (Å²) >= 11 is 1.56. The summed E-state index contributed by atoms with van der Waals surface area (Å²) in [6.07, 6.45) is 5.32. The smallest absolute Gasteiger partial charge is 0.341 e. The maximum Gasteiger partial charge on any atom is 0.341 e. The van der Waals surface area contributed by atoms with Crippen molar-refractivity contribution in [2.75, 3.05) is 32.1 Å². The van der Waals surface area contributed by atoms with Crippen LogP contribution in [0.15, 0.2) is 0 Å². The molecule has 25 heavy (non-hydrogen) atoms. The summed E-state index contributed by atoms with van der Waals surface area (Å²) < 4.78 is 4.98. The highest BCUT2D eigenvalue weighted by Gasteiger charge is 2.29. The number of carbonyl (C=O) groups excluding carboxylic acids is 2. The molecule has 0 unspecified atom stereocenters. The number of likely N-dealkylation sites (tertiary alicyclic amines) is 1. The van der Waals surface area contributed by atoms with E-state index in [1.165, 1.54) is 29.7 Å². The first-order valence-electron chi connectivity index (χ1n) is 9.34. The molecule has 6 heteroatoms. The molecule has 0 bridgehead atoms. The van der Waals surface area contributed by atoms with Crippen molar-refractivity contribution in [1.29, 1.82) is 0 Å². The van der Waals surface area contributed by atoms with Crippen LogP contribution in [0.4, 0.5) is 5.00 Å². The van der Waals surface area contributed by atoms with Crippen LogP contribution in [0.1, 0.15) is 53.9 Å². The molecule has 138 valence electrons. The third-order valence-electron chi connectivity index (χ3n) is 5.55. The van der Waals surface area contributed by atoms with Crippen molar-refractivity contribution in [3.8, 4) is 0 Å². The highest BCUT2D eigenvalue weighted by molar-refractivity contribution is 7.17. The number of rotatable bonds is 4. The standard InChI is InChI=1S/C19H28N2O3S/c1-12-6-8-21(9-7-12)11-16(22)20-18-17(19(23)24-3)14-5-4-13(2)10-15(14)25-18/h12-13H,4-11H2,1-3H3,(H,20,22)/p+1/t13-/m1/s1. The van der Waals surface area contributed by atoms with E-state index in [-0.39, 0.29) is 11.9 Å². The van der Waals surface area contributed by atoms with Crippen LogP contribution in [-0.2, 0) is 22.4 Å². The van der Waals surface area contributed by atoms with Crippen LogP contribution >= 0.6 is 11.3 Å². The van der Waals surface area contributed by atoms with Crippen molar-refractivity contribution in [1.82, 2.24) is 0 Å². The van der Waals surface area contributed by atoms with Gasteiger partial charge in [-0.25, -0.2) is 4.79 Å². The first-order chi connectivity index (χ1) is 12.0.